The van der Waals surface area contributed by atoms with Crippen molar-refractivity contribution in [2.24, 2.45) is 0 Å². The molecule has 0 aliphatic rings. The first-order valence-electron chi connectivity index (χ1n) is 6.26. The number of para-hydroxylation sites is 1. The monoisotopic (exact) mass is 253 g/mol. The molecule has 2 N–H and O–H groups in total. The van der Waals surface area contributed by atoms with Crippen LogP contribution in [0.4, 0.5) is 0 Å². The zero-order chi connectivity index (χ0) is 13.4. The summed E-state index contributed by atoms with van der Waals surface area (Å²) in [7, 11) is 0. The molecule has 19 heavy (non-hydrogen) atoms. The SMILES string of the molecule is CC(=O)Cc1nc(-c2c[nH]c3ccccc23)c(C)[nH]1. The summed E-state index contributed by atoms with van der Waals surface area (Å²) in [5.74, 6) is 0.838. The standard InChI is InChI=1S/C15H15N3O/c1-9(19)7-14-17-10(2)15(18-14)12-8-16-13-6-4-3-5-11(12)13/h3-6,8,16H,7H2,1-2H3,(H,17,18). The van der Waals surface area contributed by atoms with Crippen LogP contribution in [0.5, 0.6) is 0 Å². The van der Waals surface area contributed by atoms with E-state index in [9.17, 15) is 4.79 Å². The van der Waals surface area contributed by atoms with Crippen molar-refractivity contribution in [3.05, 3.63) is 42.0 Å². The number of rotatable bonds is 3. The number of aryl methyl sites for hydroxylation is 1. The third kappa shape index (κ3) is 2.05. The van der Waals surface area contributed by atoms with Crippen LogP contribution in [0.1, 0.15) is 18.4 Å². The van der Waals surface area contributed by atoms with Gasteiger partial charge in [0, 0.05) is 28.4 Å². The molecule has 3 rings (SSSR count). The Balaban J connectivity index is 2.11. The average Bonchev–Trinajstić information content (AvgIpc) is 2.92. The highest BCUT2D eigenvalue weighted by Crippen LogP contribution is 2.29. The maximum atomic E-state index is 11.2. The minimum absolute atomic E-state index is 0.110. The summed E-state index contributed by atoms with van der Waals surface area (Å²) in [5, 5.41) is 1.14. The molecule has 0 atom stereocenters. The lowest BCUT2D eigenvalue weighted by molar-refractivity contribution is -0.116. The number of carbonyl (C=O) groups excluding carboxylic acids is 1. The number of ketones is 1. The maximum Gasteiger partial charge on any atom is 0.137 e. The van der Waals surface area contributed by atoms with Gasteiger partial charge in [-0.05, 0) is 19.9 Å². The first-order valence-corrected chi connectivity index (χ1v) is 6.26. The molecule has 0 saturated carbocycles. The lowest BCUT2D eigenvalue weighted by Crippen LogP contribution is -1.98. The average molecular weight is 253 g/mol. The summed E-state index contributed by atoms with van der Waals surface area (Å²) in [4.78, 5) is 22.1. The second kappa shape index (κ2) is 4.39. The van der Waals surface area contributed by atoms with Gasteiger partial charge in [0.25, 0.3) is 0 Å². The van der Waals surface area contributed by atoms with E-state index < -0.39 is 0 Å². The number of nitrogens with one attached hydrogen (secondary N) is 2. The minimum atomic E-state index is 0.110. The largest absolute Gasteiger partial charge is 0.360 e. The van der Waals surface area contributed by atoms with E-state index in [-0.39, 0.29) is 5.78 Å². The van der Waals surface area contributed by atoms with E-state index in [0.29, 0.717) is 6.42 Å². The van der Waals surface area contributed by atoms with Crippen LogP contribution in [0.25, 0.3) is 22.2 Å². The molecule has 0 radical (unpaired) electrons. The summed E-state index contributed by atoms with van der Waals surface area (Å²) in [6.45, 7) is 3.55. The number of aromatic nitrogens is 3. The van der Waals surface area contributed by atoms with Gasteiger partial charge in [0.2, 0.25) is 0 Å². The number of Topliss-reactive ketones (excluding diaryl/α,β-unsaturated/α-hetero) is 1. The number of fused-ring (bicyclic) bond motifs is 1. The van der Waals surface area contributed by atoms with E-state index in [1.54, 1.807) is 6.92 Å². The van der Waals surface area contributed by atoms with Crippen LogP contribution in [-0.4, -0.2) is 20.7 Å². The fraction of sp³-hybridized carbons (Fsp3) is 0.200. The van der Waals surface area contributed by atoms with Crippen molar-refractivity contribution in [3.63, 3.8) is 0 Å². The molecule has 96 valence electrons. The molecule has 3 aromatic rings. The quantitative estimate of drug-likeness (QED) is 0.753. The van der Waals surface area contributed by atoms with Gasteiger partial charge >= 0.3 is 0 Å². The normalized spacial score (nSPS) is 11.1. The highest BCUT2D eigenvalue weighted by molar-refractivity contribution is 5.95. The molecule has 0 fully saturated rings. The summed E-state index contributed by atoms with van der Waals surface area (Å²) >= 11 is 0. The van der Waals surface area contributed by atoms with Gasteiger partial charge < -0.3 is 9.97 Å². The molecule has 0 aliphatic carbocycles. The number of H-pyrrole nitrogens is 2. The molecule has 0 aliphatic heterocycles. The summed E-state index contributed by atoms with van der Waals surface area (Å²) in [6, 6.07) is 8.12. The molecule has 0 saturated heterocycles. The van der Waals surface area contributed by atoms with E-state index in [1.165, 1.54) is 0 Å². The Bertz CT molecular complexity index is 752. The molecule has 2 heterocycles. The van der Waals surface area contributed by atoms with Crippen LogP contribution >= 0.6 is 0 Å². The van der Waals surface area contributed by atoms with Gasteiger partial charge in [-0.3, -0.25) is 4.79 Å². The number of nitrogens with zero attached hydrogens (tertiary/aromatic N) is 1. The number of benzene rings is 1. The van der Waals surface area contributed by atoms with Crippen molar-refractivity contribution in [2.45, 2.75) is 20.3 Å². The predicted molar refractivity (Wildman–Crippen MR) is 75.0 cm³/mol. The highest BCUT2D eigenvalue weighted by Gasteiger charge is 2.13. The fourth-order valence-corrected chi connectivity index (χ4v) is 2.37. The van der Waals surface area contributed by atoms with E-state index in [0.717, 1.165) is 33.7 Å². The summed E-state index contributed by atoms with van der Waals surface area (Å²) < 4.78 is 0. The Labute approximate surface area is 110 Å². The van der Waals surface area contributed by atoms with Crippen molar-refractivity contribution in [1.29, 1.82) is 0 Å². The van der Waals surface area contributed by atoms with Crippen LogP contribution < -0.4 is 0 Å². The zero-order valence-electron chi connectivity index (χ0n) is 10.9. The first-order chi connectivity index (χ1) is 9.15. The van der Waals surface area contributed by atoms with Crippen molar-refractivity contribution in [1.82, 2.24) is 15.0 Å². The van der Waals surface area contributed by atoms with Gasteiger partial charge in [-0.25, -0.2) is 4.98 Å². The Morgan fingerprint density at radius 3 is 2.89 bits per heavy atom. The molecule has 2 aromatic heterocycles. The first kappa shape index (κ1) is 11.7. The third-order valence-electron chi connectivity index (χ3n) is 3.19. The number of aromatic amines is 2. The molecule has 1 aromatic carbocycles. The third-order valence-corrected chi connectivity index (χ3v) is 3.19. The minimum Gasteiger partial charge on any atom is -0.360 e. The summed E-state index contributed by atoms with van der Waals surface area (Å²) in [6.07, 6.45) is 2.31. The van der Waals surface area contributed by atoms with E-state index in [2.05, 4.69) is 21.0 Å². The fourth-order valence-electron chi connectivity index (χ4n) is 2.37. The van der Waals surface area contributed by atoms with E-state index in [1.807, 2.05) is 31.3 Å². The zero-order valence-corrected chi connectivity index (χ0v) is 10.9. The smallest absolute Gasteiger partial charge is 0.137 e. The Morgan fingerprint density at radius 2 is 2.11 bits per heavy atom. The van der Waals surface area contributed by atoms with Gasteiger partial charge in [0.1, 0.15) is 11.6 Å². The van der Waals surface area contributed by atoms with Crippen LogP contribution in [0.2, 0.25) is 0 Å². The van der Waals surface area contributed by atoms with Gasteiger partial charge in [0.05, 0.1) is 12.1 Å². The van der Waals surface area contributed by atoms with Crippen molar-refractivity contribution >= 4 is 16.7 Å². The predicted octanol–water partition coefficient (Wildman–Crippen LogP) is 3.00. The molecular weight excluding hydrogens is 238 g/mol. The van der Waals surface area contributed by atoms with Crippen molar-refractivity contribution in [3.8, 4) is 11.3 Å². The molecule has 0 bridgehead atoms. The van der Waals surface area contributed by atoms with Crippen molar-refractivity contribution in [2.75, 3.05) is 0 Å². The highest BCUT2D eigenvalue weighted by atomic mass is 16.1. The maximum absolute atomic E-state index is 11.2. The van der Waals surface area contributed by atoms with E-state index >= 15 is 0 Å². The summed E-state index contributed by atoms with van der Waals surface area (Å²) in [5.41, 5.74) is 4.06. The number of hydrogen-bond donors (Lipinski definition) is 2. The molecule has 4 heteroatoms. The molecule has 0 unspecified atom stereocenters. The number of imidazole rings is 1. The lowest BCUT2D eigenvalue weighted by atomic mass is 10.1. The second-order valence-electron chi connectivity index (χ2n) is 4.78. The Hall–Kier alpha value is -2.36. The van der Waals surface area contributed by atoms with Crippen LogP contribution in [0.15, 0.2) is 30.5 Å². The molecule has 4 nitrogen and oxygen atoms in total. The van der Waals surface area contributed by atoms with Gasteiger partial charge in [-0.2, -0.15) is 0 Å². The Kier molecular flexibility index (Phi) is 2.71. The Morgan fingerprint density at radius 1 is 1.32 bits per heavy atom. The lowest BCUT2D eigenvalue weighted by Gasteiger charge is -1.95. The van der Waals surface area contributed by atoms with Gasteiger partial charge in [0.15, 0.2) is 0 Å². The van der Waals surface area contributed by atoms with Crippen molar-refractivity contribution < 1.29 is 4.79 Å². The van der Waals surface area contributed by atoms with Crippen LogP contribution in [-0.2, 0) is 11.2 Å². The van der Waals surface area contributed by atoms with Gasteiger partial charge in [-0.15, -0.1) is 0 Å². The molecular formula is C15H15N3O. The van der Waals surface area contributed by atoms with E-state index in [4.69, 9.17) is 0 Å². The van der Waals surface area contributed by atoms with Crippen LogP contribution in [0, 0.1) is 6.92 Å². The van der Waals surface area contributed by atoms with Crippen LogP contribution in [0.3, 0.4) is 0 Å². The van der Waals surface area contributed by atoms with Gasteiger partial charge in [-0.1, -0.05) is 18.2 Å². The number of carbonyl (C=O) groups is 1. The number of hydrogen-bond acceptors (Lipinski definition) is 2. The topological polar surface area (TPSA) is 61.5 Å². The molecule has 0 amide bonds. The molecule has 0 spiro atoms. The second-order valence-corrected chi connectivity index (χ2v) is 4.78.